The van der Waals surface area contributed by atoms with E-state index in [4.69, 9.17) is 0 Å². The Morgan fingerprint density at radius 1 is 1.60 bits per heavy atom. The summed E-state index contributed by atoms with van der Waals surface area (Å²) in [5.41, 5.74) is 1.89. The Bertz CT molecular complexity index is 336. The summed E-state index contributed by atoms with van der Waals surface area (Å²) < 4.78 is 0. The first-order valence-electron chi connectivity index (χ1n) is 4.79. The van der Waals surface area contributed by atoms with Crippen LogP contribution in [0.3, 0.4) is 0 Å². The minimum Gasteiger partial charge on any atom is -0.352 e. The lowest BCUT2D eigenvalue weighted by Crippen LogP contribution is -2.48. The second-order valence-electron chi connectivity index (χ2n) is 3.70. The maximum absolute atomic E-state index is 11.6. The minimum absolute atomic E-state index is 0. The van der Waals surface area contributed by atoms with Gasteiger partial charge in [0.25, 0.3) is 5.91 Å². The second-order valence-corrected chi connectivity index (χ2v) is 4.45. The van der Waals surface area contributed by atoms with E-state index in [1.54, 1.807) is 11.3 Å². The van der Waals surface area contributed by atoms with Crippen molar-refractivity contribution in [2.45, 2.75) is 6.92 Å². The van der Waals surface area contributed by atoms with Gasteiger partial charge in [0.05, 0.1) is 5.56 Å². The maximum atomic E-state index is 11.6. The third-order valence-electron chi connectivity index (χ3n) is 2.52. The van der Waals surface area contributed by atoms with Crippen molar-refractivity contribution in [1.82, 2.24) is 10.6 Å². The molecule has 3 nitrogen and oxygen atoms in total. The maximum Gasteiger partial charge on any atom is 0.252 e. The van der Waals surface area contributed by atoms with Gasteiger partial charge in [0.15, 0.2) is 0 Å². The summed E-state index contributed by atoms with van der Waals surface area (Å²) in [5.74, 6) is 0.688. The highest BCUT2D eigenvalue weighted by Crippen LogP contribution is 2.13. The van der Waals surface area contributed by atoms with E-state index >= 15 is 0 Å². The first-order valence-corrected chi connectivity index (χ1v) is 5.73. The van der Waals surface area contributed by atoms with Crippen molar-refractivity contribution in [3.63, 3.8) is 0 Å². The molecule has 0 aliphatic carbocycles. The van der Waals surface area contributed by atoms with E-state index < -0.39 is 0 Å². The smallest absolute Gasteiger partial charge is 0.252 e. The van der Waals surface area contributed by atoms with Gasteiger partial charge in [0, 0.05) is 30.9 Å². The van der Waals surface area contributed by atoms with Crippen molar-refractivity contribution in [2.24, 2.45) is 5.92 Å². The summed E-state index contributed by atoms with van der Waals surface area (Å²) >= 11 is 1.58. The fourth-order valence-corrected chi connectivity index (χ4v) is 2.25. The molecule has 2 N–H and O–H groups in total. The Morgan fingerprint density at radius 3 is 2.80 bits per heavy atom. The molecule has 0 spiro atoms. The quantitative estimate of drug-likeness (QED) is 0.847. The molecule has 0 saturated carbocycles. The van der Waals surface area contributed by atoms with Crippen LogP contribution in [0.15, 0.2) is 10.8 Å². The number of thiophene rings is 1. The van der Waals surface area contributed by atoms with Crippen LogP contribution < -0.4 is 10.6 Å². The molecule has 1 saturated heterocycles. The number of halogens is 1. The van der Waals surface area contributed by atoms with Crippen molar-refractivity contribution < 1.29 is 4.79 Å². The molecule has 1 aromatic heterocycles. The second kappa shape index (κ2) is 5.49. The summed E-state index contributed by atoms with van der Waals surface area (Å²) in [6, 6.07) is 0. The lowest BCUT2D eigenvalue weighted by molar-refractivity contribution is 0.0942. The molecule has 84 valence electrons. The molecule has 1 aliphatic rings. The zero-order valence-electron chi connectivity index (χ0n) is 8.58. The third kappa shape index (κ3) is 2.93. The van der Waals surface area contributed by atoms with Gasteiger partial charge in [-0.25, -0.2) is 0 Å². The zero-order valence-corrected chi connectivity index (χ0v) is 10.2. The molecule has 1 amide bonds. The average molecular weight is 247 g/mol. The predicted molar refractivity (Wildman–Crippen MR) is 65.0 cm³/mol. The standard InChI is InChI=1S/C10H14N2OS.ClH/c1-7-5-14-6-9(7)10(13)12-4-8-2-11-3-8;/h5-6,8,11H,2-4H2,1H3,(H,12,13);1H. The van der Waals surface area contributed by atoms with Crippen LogP contribution in [0.25, 0.3) is 0 Å². The highest BCUT2D eigenvalue weighted by atomic mass is 35.5. The van der Waals surface area contributed by atoms with Gasteiger partial charge in [-0.2, -0.15) is 11.3 Å². The van der Waals surface area contributed by atoms with Gasteiger partial charge in [0.1, 0.15) is 0 Å². The first-order chi connectivity index (χ1) is 6.77. The van der Waals surface area contributed by atoms with Crippen molar-refractivity contribution >= 4 is 29.7 Å². The Morgan fingerprint density at radius 2 is 2.33 bits per heavy atom. The zero-order chi connectivity index (χ0) is 9.97. The number of rotatable bonds is 3. The summed E-state index contributed by atoms with van der Waals surface area (Å²) in [6.07, 6.45) is 0. The van der Waals surface area contributed by atoms with Crippen LogP contribution >= 0.6 is 23.7 Å². The van der Waals surface area contributed by atoms with E-state index in [9.17, 15) is 4.79 Å². The van der Waals surface area contributed by atoms with Crippen LogP contribution in [0.5, 0.6) is 0 Å². The van der Waals surface area contributed by atoms with Gasteiger partial charge >= 0.3 is 0 Å². The van der Waals surface area contributed by atoms with Gasteiger partial charge in [-0.15, -0.1) is 12.4 Å². The molecule has 1 fully saturated rings. The Balaban J connectivity index is 0.00000112. The molecule has 1 aromatic rings. The molecule has 0 atom stereocenters. The van der Waals surface area contributed by atoms with Crippen LogP contribution in [0, 0.1) is 12.8 Å². The van der Waals surface area contributed by atoms with Gasteiger partial charge in [-0.1, -0.05) is 0 Å². The van der Waals surface area contributed by atoms with Crippen molar-refractivity contribution in [2.75, 3.05) is 19.6 Å². The van der Waals surface area contributed by atoms with Gasteiger partial charge in [0.2, 0.25) is 0 Å². The van der Waals surface area contributed by atoms with Crippen LogP contribution in [-0.2, 0) is 0 Å². The van der Waals surface area contributed by atoms with Crippen molar-refractivity contribution in [3.8, 4) is 0 Å². The predicted octanol–water partition coefficient (Wildman–Crippen LogP) is 1.43. The molecular formula is C10H15ClN2OS. The van der Waals surface area contributed by atoms with E-state index in [1.165, 1.54) is 0 Å². The van der Waals surface area contributed by atoms with Gasteiger partial charge in [-0.3, -0.25) is 4.79 Å². The van der Waals surface area contributed by atoms with Crippen LogP contribution in [0.2, 0.25) is 0 Å². The Hall–Kier alpha value is -0.580. The lowest BCUT2D eigenvalue weighted by Gasteiger charge is -2.27. The Labute approximate surface area is 99.7 Å². The minimum atomic E-state index is 0. The molecule has 0 unspecified atom stereocenters. The molecule has 1 aliphatic heterocycles. The van der Waals surface area contributed by atoms with Crippen LogP contribution in [0.4, 0.5) is 0 Å². The number of amides is 1. The first kappa shape index (κ1) is 12.5. The fraction of sp³-hybridized carbons (Fsp3) is 0.500. The van der Waals surface area contributed by atoms with Crippen molar-refractivity contribution in [3.05, 3.63) is 21.9 Å². The highest BCUT2D eigenvalue weighted by molar-refractivity contribution is 7.08. The van der Waals surface area contributed by atoms with E-state index in [-0.39, 0.29) is 18.3 Å². The molecule has 15 heavy (non-hydrogen) atoms. The van der Waals surface area contributed by atoms with E-state index in [0.717, 1.165) is 30.8 Å². The molecule has 2 heterocycles. The summed E-state index contributed by atoms with van der Waals surface area (Å²) in [6.45, 7) is 4.82. The van der Waals surface area contributed by atoms with Gasteiger partial charge in [-0.05, 0) is 17.9 Å². The molecular weight excluding hydrogens is 232 g/mol. The molecule has 5 heteroatoms. The molecule has 0 aromatic carbocycles. The summed E-state index contributed by atoms with van der Waals surface area (Å²) in [4.78, 5) is 11.6. The molecule has 0 bridgehead atoms. The normalized spacial score (nSPS) is 15.3. The van der Waals surface area contributed by atoms with E-state index in [1.807, 2.05) is 17.7 Å². The number of carbonyl (C=O) groups is 1. The monoisotopic (exact) mass is 246 g/mol. The summed E-state index contributed by atoms with van der Waals surface area (Å²) in [7, 11) is 0. The van der Waals surface area contributed by atoms with E-state index in [2.05, 4.69) is 10.6 Å². The Kier molecular flexibility index (Phi) is 4.57. The van der Waals surface area contributed by atoms with Crippen molar-refractivity contribution in [1.29, 1.82) is 0 Å². The molecule has 2 rings (SSSR count). The largest absolute Gasteiger partial charge is 0.352 e. The molecule has 0 radical (unpaired) electrons. The number of hydrogen-bond acceptors (Lipinski definition) is 3. The van der Waals surface area contributed by atoms with Crippen LogP contribution in [0.1, 0.15) is 15.9 Å². The number of carbonyl (C=O) groups excluding carboxylic acids is 1. The van der Waals surface area contributed by atoms with Gasteiger partial charge < -0.3 is 10.6 Å². The van der Waals surface area contributed by atoms with E-state index in [0.29, 0.717) is 5.92 Å². The fourth-order valence-electron chi connectivity index (χ4n) is 1.42. The van der Waals surface area contributed by atoms with Crippen LogP contribution in [-0.4, -0.2) is 25.5 Å². The number of hydrogen-bond donors (Lipinski definition) is 2. The number of nitrogens with one attached hydrogen (secondary N) is 2. The average Bonchev–Trinajstić information content (AvgIpc) is 2.48. The SMILES string of the molecule is Cc1cscc1C(=O)NCC1CNC1.Cl. The number of aryl methyl sites for hydroxylation is 1. The highest BCUT2D eigenvalue weighted by Gasteiger charge is 2.18. The topological polar surface area (TPSA) is 41.1 Å². The summed E-state index contributed by atoms with van der Waals surface area (Å²) in [5, 5.41) is 10.0. The lowest BCUT2D eigenvalue weighted by atomic mass is 10.0. The third-order valence-corrected chi connectivity index (χ3v) is 3.38.